The first-order valence-corrected chi connectivity index (χ1v) is 4.95. The summed E-state index contributed by atoms with van der Waals surface area (Å²) >= 11 is 0. The van der Waals surface area contributed by atoms with Crippen LogP contribution in [0.2, 0.25) is 0 Å². The zero-order valence-corrected chi connectivity index (χ0v) is 10.6. The van der Waals surface area contributed by atoms with E-state index in [0.29, 0.717) is 0 Å². The molecule has 146 valence electrons. The highest BCUT2D eigenvalue weighted by Crippen LogP contribution is 2.63. The lowest BCUT2D eigenvalue weighted by Gasteiger charge is -2.45. The first-order chi connectivity index (χ1) is 10.1. The van der Waals surface area contributed by atoms with Crippen molar-refractivity contribution >= 4 is 0 Å². The van der Waals surface area contributed by atoms with Gasteiger partial charge in [-0.2, -0.15) is 57.1 Å². The van der Waals surface area contributed by atoms with Crippen molar-refractivity contribution in [2.75, 3.05) is 7.11 Å². The molecule has 0 amide bonds. The lowest BCUT2D eigenvalue weighted by atomic mass is 9.86. The molecule has 1 unspecified atom stereocenters. The molecule has 0 fully saturated rings. The number of halogens is 15. The topological polar surface area (TPSA) is 9.23 Å². The minimum Gasteiger partial charge on any atom is -0.341 e. The van der Waals surface area contributed by atoms with E-state index in [1.54, 1.807) is 0 Å². The predicted molar refractivity (Wildman–Crippen MR) is 42.7 cm³/mol. The van der Waals surface area contributed by atoms with Crippen LogP contribution in [0.1, 0.15) is 0 Å². The summed E-state index contributed by atoms with van der Waals surface area (Å²) in [5.41, 5.74) is -7.93. The van der Waals surface area contributed by atoms with E-state index in [2.05, 4.69) is 4.74 Å². The zero-order chi connectivity index (χ0) is 20.2. The second kappa shape index (κ2) is 5.45. The van der Waals surface area contributed by atoms with Gasteiger partial charge < -0.3 is 4.74 Å². The van der Waals surface area contributed by atoms with Gasteiger partial charge in [-0.15, -0.1) is 0 Å². The Bertz CT molecular complexity index is 442. The Morgan fingerprint density at radius 3 is 0.917 bits per heavy atom. The van der Waals surface area contributed by atoms with Crippen LogP contribution in [0.3, 0.4) is 0 Å². The number of alkyl halides is 15. The van der Waals surface area contributed by atoms with E-state index >= 15 is 0 Å². The Kier molecular flexibility index (Phi) is 5.21. The van der Waals surface area contributed by atoms with Crippen LogP contribution >= 0.6 is 0 Å². The molecule has 0 aromatic heterocycles. The number of hydrogen-bond acceptors (Lipinski definition) is 1. The molecule has 16 heteroatoms. The molecule has 0 aliphatic carbocycles. The second-order valence-corrected chi connectivity index (χ2v) is 4.10. The van der Waals surface area contributed by atoms with Crippen LogP contribution in [-0.4, -0.2) is 49.0 Å². The summed E-state index contributed by atoms with van der Waals surface area (Å²) in [7, 11) is -0.883. The molecule has 1 nitrogen and oxygen atoms in total. The zero-order valence-electron chi connectivity index (χ0n) is 10.6. The van der Waals surface area contributed by atoms with E-state index in [0.717, 1.165) is 0 Å². The highest BCUT2D eigenvalue weighted by Gasteiger charge is 2.95. The third kappa shape index (κ3) is 2.65. The van der Waals surface area contributed by atoms with E-state index in [1.165, 1.54) is 0 Å². The summed E-state index contributed by atoms with van der Waals surface area (Å²) < 4.78 is 189. The highest BCUT2D eigenvalue weighted by atomic mass is 19.4. The first-order valence-electron chi connectivity index (χ1n) is 4.95. The van der Waals surface area contributed by atoms with Gasteiger partial charge in [-0.3, -0.25) is 0 Å². The van der Waals surface area contributed by atoms with Crippen molar-refractivity contribution < 1.29 is 70.6 Å². The normalized spacial score (nSPS) is 18.5. The first kappa shape index (κ1) is 22.9. The molecule has 0 aromatic carbocycles. The van der Waals surface area contributed by atoms with Gasteiger partial charge in [-0.25, -0.2) is 8.78 Å². The number of ether oxygens (including phenoxy) is 1. The number of hydrogen-bond donors (Lipinski definition) is 0. The van der Waals surface area contributed by atoms with Gasteiger partial charge in [0.05, 0.1) is 0 Å². The molecule has 0 aliphatic heterocycles. The monoisotopic (exact) mass is 400 g/mol. The SMILES string of the molecule is COC(F)(C(F)(F)C(F)(F)C(F)(F)F)C(F)(C(F)(F)F)C(F)(F)F. The second-order valence-electron chi connectivity index (χ2n) is 4.10. The summed E-state index contributed by atoms with van der Waals surface area (Å²) in [6.07, 6.45) is -23.0. The molecule has 0 saturated heterocycles. The van der Waals surface area contributed by atoms with Crippen molar-refractivity contribution in [3.05, 3.63) is 0 Å². The van der Waals surface area contributed by atoms with Crippen LogP contribution in [0.25, 0.3) is 0 Å². The van der Waals surface area contributed by atoms with Crippen LogP contribution in [0, 0.1) is 0 Å². The van der Waals surface area contributed by atoms with Crippen molar-refractivity contribution in [3.8, 4) is 0 Å². The van der Waals surface area contributed by atoms with Gasteiger partial charge in [-0.05, 0) is 0 Å². The number of methoxy groups -OCH3 is 1. The lowest BCUT2D eigenvalue weighted by Crippen LogP contribution is -2.77. The van der Waals surface area contributed by atoms with Crippen molar-refractivity contribution in [2.45, 2.75) is 41.9 Å². The third-order valence-electron chi connectivity index (χ3n) is 2.66. The molecular weight excluding hydrogens is 397 g/mol. The average molecular weight is 400 g/mol. The molecule has 0 aliphatic rings. The lowest BCUT2D eigenvalue weighted by molar-refractivity contribution is -0.484. The van der Waals surface area contributed by atoms with Gasteiger partial charge in [0, 0.05) is 7.11 Å². The van der Waals surface area contributed by atoms with Crippen molar-refractivity contribution in [1.82, 2.24) is 0 Å². The molecule has 0 aromatic rings. The van der Waals surface area contributed by atoms with E-state index in [4.69, 9.17) is 0 Å². The van der Waals surface area contributed by atoms with Crippen LogP contribution in [0.4, 0.5) is 65.9 Å². The minimum absolute atomic E-state index is 0.883. The van der Waals surface area contributed by atoms with E-state index < -0.39 is 49.0 Å². The maximum absolute atomic E-state index is 13.6. The summed E-state index contributed by atoms with van der Waals surface area (Å²) in [4.78, 5) is 0. The Hall–Kier alpha value is -1.09. The Morgan fingerprint density at radius 1 is 0.458 bits per heavy atom. The smallest absolute Gasteiger partial charge is 0.341 e. The van der Waals surface area contributed by atoms with Gasteiger partial charge >= 0.3 is 41.9 Å². The fourth-order valence-electron chi connectivity index (χ4n) is 1.39. The maximum atomic E-state index is 13.6. The van der Waals surface area contributed by atoms with Crippen molar-refractivity contribution in [3.63, 3.8) is 0 Å². The van der Waals surface area contributed by atoms with Crippen molar-refractivity contribution in [1.29, 1.82) is 0 Å². The van der Waals surface area contributed by atoms with E-state index in [1.807, 2.05) is 0 Å². The molecule has 0 N–H and O–H groups in total. The van der Waals surface area contributed by atoms with Crippen LogP contribution in [0.15, 0.2) is 0 Å². The maximum Gasteiger partial charge on any atom is 0.460 e. The molecule has 0 heterocycles. The Labute approximate surface area is 121 Å². The molecule has 0 bridgehead atoms. The van der Waals surface area contributed by atoms with Crippen LogP contribution in [-0.2, 0) is 4.74 Å². The van der Waals surface area contributed by atoms with Gasteiger partial charge in [0.1, 0.15) is 0 Å². The quantitative estimate of drug-likeness (QED) is 0.606. The molecule has 0 radical (unpaired) electrons. The minimum atomic E-state index is -7.98. The summed E-state index contributed by atoms with van der Waals surface area (Å²) in [6, 6.07) is 0. The summed E-state index contributed by atoms with van der Waals surface area (Å²) in [6.45, 7) is 0. The molecule has 1 atom stereocenters. The van der Waals surface area contributed by atoms with E-state index in [-0.39, 0.29) is 0 Å². The summed E-state index contributed by atoms with van der Waals surface area (Å²) in [5.74, 6) is -23.4. The van der Waals surface area contributed by atoms with Crippen molar-refractivity contribution in [2.24, 2.45) is 0 Å². The third-order valence-corrected chi connectivity index (χ3v) is 2.66. The molecule has 0 rings (SSSR count). The van der Waals surface area contributed by atoms with Gasteiger partial charge in [0.2, 0.25) is 0 Å². The Morgan fingerprint density at radius 2 is 0.750 bits per heavy atom. The highest BCUT2D eigenvalue weighted by molar-refractivity contribution is 5.16. The molecule has 0 saturated carbocycles. The van der Waals surface area contributed by atoms with Gasteiger partial charge in [0.15, 0.2) is 0 Å². The standard InChI is InChI=1S/C8H3F15O/c1-24-5(14,2(9,6(15,16)17)7(18,19)20)3(10,11)4(12,13)8(21,22)23/h1H3. The predicted octanol–water partition coefficient (Wildman–Crippen LogP) is 4.96. The van der Waals surface area contributed by atoms with Gasteiger partial charge in [0.25, 0.3) is 0 Å². The number of rotatable bonds is 4. The van der Waals surface area contributed by atoms with Crippen LogP contribution < -0.4 is 0 Å². The molecule has 24 heavy (non-hydrogen) atoms. The fraction of sp³-hybridized carbons (Fsp3) is 1.00. The molecule has 0 spiro atoms. The average Bonchev–Trinajstić information content (AvgIpc) is 2.31. The summed E-state index contributed by atoms with van der Waals surface area (Å²) in [5, 5.41) is 0. The largest absolute Gasteiger partial charge is 0.460 e. The van der Waals surface area contributed by atoms with Crippen LogP contribution in [0.5, 0.6) is 0 Å². The Balaban J connectivity index is 6.87. The molecular formula is C8H3F15O. The fourth-order valence-corrected chi connectivity index (χ4v) is 1.39. The van der Waals surface area contributed by atoms with E-state index in [9.17, 15) is 65.9 Å². The van der Waals surface area contributed by atoms with Gasteiger partial charge in [-0.1, -0.05) is 0 Å².